The predicted molar refractivity (Wildman–Crippen MR) is 155 cm³/mol. The van der Waals surface area contributed by atoms with Gasteiger partial charge in [-0.2, -0.15) is 5.10 Å². The fourth-order valence-corrected chi connectivity index (χ4v) is 6.44. The van der Waals surface area contributed by atoms with Crippen LogP contribution in [0.5, 0.6) is 0 Å². The molecule has 0 bridgehead atoms. The molecule has 9 nitrogen and oxygen atoms in total. The summed E-state index contributed by atoms with van der Waals surface area (Å²) in [6.07, 6.45) is 4.77. The van der Waals surface area contributed by atoms with Gasteiger partial charge < -0.3 is 10.1 Å². The van der Waals surface area contributed by atoms with Gasteiger partial charge in [-0.25, -0.2) is 14.5 Å². The van der Waals surface area contributed by atoms with Crippen LogP contribution >= 0.6 is 11.3 Å². The van der Waals surface area contributed by atoms with Crippen LogP contribution in [-0.4, -0.2) is 37.8 Å². The lowest BCUT2D eigenvalue weighted by atomic mass is 10.1. The SMILES string of the molecule is CCOC(=O)c1c(NC(=O)C(C)n2c(-n3nc(C)cc3C)nc(-c3ccccc3)cc2=O)sc2c1CCCCC2. The molecule has 0 saturated carbocycles. The summed E-state index contributed by atoms with van der Waals surface area (Å²) >= 11 is 1.43. The van der Waals surface area contributed by atoms with Crippen molar-refractivity contribution in [1.82, 2.24) is 19.3 Å². The van der Waals surface area contributed by atoms with Crippen molar-refractivity contribution < 1.29 is 14.3 Å². The summed E-state index contributed by atoms with van der Waals surface area (Å²) in [5.74, 6) is -0.618. The van der Waals surface area contributed by atoms with E-state index in [1.54, 1.807) is 18.5 Å². The van der Waals surface area contributed by atoms with Gasteiger partial charge in [0.1, 0.15) is 11.0 Å². The van der Waals surface area contributed by atoms with Crippen LogP contribution in [0.2, 0.25) is 0 Å². The van der Waals surface area contributed by atoms with Gasteiger partial charge in [0.2, 0.25) is 11.9 Å². The highest BCUT2D eigenvalue weighted by Crippen LogP contribution is 2.38. The highest BCUT2D eigenvalue weighted by molar-refractivity contribution is 7.17. The zero-order valence-corrected chi connectivity index (χ0v) is 24.0. The summed E-state index contributed by atoms with van der Waals surface area (Å²) in [4.78, 5) is 46.3. The van der Waals surface area contributed by atoms with Crippen molar-refractivity contribution in [2.45, 2.75) is 65.8 Å². The van der Waals surface area contributed by atoms with Crippen LogP contribution in [0.15, 0.2) is 47.3 Å². The maximum atomic E-state index is 13.7. The number of aromatic nitrogens is 4. The lowest BCUT2D eigenvalue weighted by Crippen LogP contribution is -2.35. The number of aryl methyl sites for hydroxylation is 3. The number of fused-ring (bicyclic) bond motifs is 1. The number of amides is 1. The van der Waals surface area contributed by atoms with E-state index in [9.17, 15) is 14.4 Å². The summed E-state index contributed by atoms with van der Waals surface area (Å²) in [6.45, 7) is 7.40. The molecule has 1 aromatic carbocycles. The number of esters is 1. The summed E-state index contributed by atoms with van der Waals surface area (Å²) in [5, 5.41) is 7.99. The number of thiophene rings is 1. The van der Waals surface area contributed by atoms with Crippen LogP contribution in [0.1, 0.15) is 71.3 Å². The Labute approximate surface area is 236 Å². The van der Waals surface area contributed by atoms with Gasteiger partial charge in [-0.05, 0) is 65.0 Å². The largest absolute Gasteiger partial charge is 0.462 e. The molecule has 1 N–H and O–H groups in total. The Bertz CT molecular complexity index is 1620. The van der Waals surface area contributed by atoms with E-state index in [1.807, 2.05) is 50.2 Å². The van der Waals surface area contributed by atoms with E-state index >= 15 is 0 Å². The molecule has 0 fully saturated rings. The number of benzene rings is 1. The number of rotatable bonds is 7. The molecule has 3 aromatic heterocycles. The van der Waals surface area contributed by atoms with E-state index < -0.39 is 17.9 Å². The van der Waals surface area contributed by atoms with Crippen molar-refractivity contribution in [2.75, 3.05) is 11.9 Å². The van der Waals surface area contributed by atoms with Gasteiger partial charge in [0.15, 0.2) is 0 Å². The second-order valence-electron chi connectivity index (χ2n) is 10.0. The van der Waals surface area contributed by atoms with E-state index in [4.69, 9.17) is 9.72 Å². The Kier molecular flexibility index (Phi) is 7.97. The molecule has 0 aliphatic heterocycles. The molecule has 0 saturated heterocycles. The molecule has 1 atom stereocenters. The number of nitrogens with one attached hydrogen (secondary N) is 1. The van der Waals surface area contributed by atoms with Crippen LogP contribution in [0.25, 0.3) is 17.2 Å². The highest BCUT2D eigenvalue weighted by Gasteiger charge is 2.29. The van der Waals surface area contributed by atoms with E-state index in [0.29, 0.717) is 16.3 Å². The molecule has 208 valence electrons. The Morgan fingerprint density at radius 1 is 1.10 bits per heavy atom. The number of carbonyl (C=O) groups excluding carboxylic acids is 2. The first-order valence-corrected chi connectivity index (χ1v) is 14.4. The topological polar surface area (TPSA) is 108 Å². The molecule has 5 rings (SSSR count). The minimum Gasteiger partial charge on any atom is -0.462 e. The quantitative estimate of drug-likeness (QED) is 0.239. The molecular weight excluding hydrogens is 526 g/mol. The highest BCUT2D eigenvalue weighted by atomic mass is 32.1. The lowest BCUT2D eigenvalue weighted by molar-refractivity contribution is -0.118. The van der Waals surface area contributed by atoms with E-state index in [2.05, 4.69) is 10.4 Å². The van der Waals surface area contributed by atoms with Crippen LogP contribution in [-0.2, 0) is 22.4 Å². The lowest BCUT2D eigenvalue weighted by Gasteiger charge is -2.20. The molecule has 3 heterocycles. The van der Waals surface area contributed by atoms with Gasteiger partial charge >= 0.3 is 5.97 Å². The first-order chi connectivity index (χ1) is 19.3. The van der Waals surface area contributed by atoms with Gasteiger partial charge in [-0.15, -0.1) is 11.3 Å². The molecule has 10 heteroatoms. The monoisotopic (exact) mass is 559 g/mol. The third kappa shape index (κ3) is 5.36. The molecule has 40 heavy (non-hydrogen) atoms. The third-order valence-corrected chi connectivity index (χ3v) is 8.31. The van der Waals surface area contributed by atoms with Crippen molar-refractivity contribution in [3.63, 3.8) is 0 Å². The number of carbonyl (C=O) groups is 2. The van der Waals surface area contributed by atoms with Crippen molar-refractivity contribution >= 4 is 28.2 Å². The predicted octanol–water partition coefficient (Wildman–Crippen LogP) is 5.42. The van der Waals surface area contributed by atoms with Gasteiger partial charge in [-0.1, -0.05) is 36.8 Å². The Morgan fingerprint density at radius 2 is 1.85 bits per heavy atom. The molecule has 1 aliphatic carbocycles. The van der Waals surface area contributed by atoms with Crippen molar-refractivity contribution in [3.8, 4) is 17.2 Å². The Balaban J connectivity index is 1.56. The van der Waals surface area contributed by atoms with Gasteiger partial charge in [0, 0.05) is 22.2 Å². The third-order valence-electron chi connectivity index (χ3n) is 7.11. The summed E-state index contributed by atoms with van der Waals surface area (Å²) < 4.78 is 8.31. The second-order valence-corrected chi connectivity index (χ2v) is 11.1. The maximum absolute atomic E-state index is 13.7. The number of ether oxygens (including phenoxy) is 1. The smallest absolute Gasteiger partial charge is 0.341 e. The molecule has 0 radical (unpaired) electrons. The van der Waals surface area contributed by atoms with Crippen molar-refractivity contribution in [2.24, 2.45) is 0 Å². The summed E-state index contributed by atoms with van der Waals surface area (Å²) in [5.41, 5.74) is 3.84. The molecule has 1 unspecified atom stereocenters. The molecule has 1 amide bonds. The van der Waals surface area contributed by atoms with Gasteiger partial charge in [0.05, 0.1) is 23.6 Å². The second kappa shape index (κ2) is 11.6. The first kappa shape index (κ1) is 27.5. The van der Waals surface area contributed by atoms with Crippen molar-refractivity contribution in [3.05, 3.63) is 80.2 Å². The zero-order chi connectivity index (χ0) is 28.4. The average molecular weight is 560 g/mol. The number of nitrogens with zero attached hydrogens (tertiary/aromatic N) is 4. The number of hydrogen-bond acceptors (Lipinski definition) is 7. The minimum absolute atomic E-state index is 0.243. The van der Waals surface area contributed by atoms with Gasteiger partial charge in [0.25, 0.3) is 5.56 Å². The Hall–Kier alpha value is -4.05. The normalized spacial score (nSPS) is 13.8. The Morgan fingerprint density at radius 3 is 2.55 bits per heavy atom. The summed E-state index contributed by atoms with van der Waals surface area (Å²) in [6, 6.07) is 11.8. The molecule has 4 aromatic rings. The average Bonchev–Trinajstić information content (AvgIpc) is 3.36. The standard InChI is InChI=1S/C30H33N5O4S/c1-5-39-29(38)26-22-14-10-7-11-15-24(22)40-28(26)32-27(37)20(4)34-25(36)17-23(21-12-8-6-9-13-21)31-30(34)35-19(3)16-18(2)33-35/h6,8-9,12-13,16-17,20H,5,7,10-11,14-15H2,1-4H3,(H,32,37). The molecule has 0 spiro atoms. The van der Waals surface area contributed by atoms with Crippen molar-refractivity contribution in [1.29, 1.82) is 0 Å². The zero-order valence-electron chi connectivity index (χ0n) is 23.2. The molecule has 1 aliphatic rings. The molecular formula is C30H33N5O4S. The van der Waals surface area contributed by atoms with E-state index in [0.717, 1.165) is 59.5 Å². The maximum Gasteiger partial charge on any atom is 0.341 e. The van der Waals surface area contributed by atoms with Crippen LogP contribution < -0.4 is 10.9 Å². The minimum atomic E-state index is -0.944. The first-order valence-electron chi connectivity index (χ1n) is 13.6. The number of hydrogen-bond donors (Lipinski definition) is 1. The van der Waals surface area contributed by atoms with E-state index in [-0.39, 0.29) is 18.1 Å². The van der Waals surface area contributed by atoms with Crippen LogP contribution in [0.4, 0.5) is 5.00 Å². The summed E-state index contributed by atoms with van der Waals surface area (Å²) in [7, 11) is 0. The fourth-order valence-electron chi connectivity index (χ4n) is 5.16. The van der Waals surface area contributed by atoms with Crippen LogP contribution in [0, 0.1) is 13.8 Å². The van der Waals surface area contributed by atoms with E-state index in [1.165, 1.54) is 22.0 Å². The van der Waals surface area contributed by atoms with Gasteiger partial charge in [-0.3, -0.25) is 14.2 Å². The number of anilines is 1. The van der Waals surface area contributed by atoms with Crippen LogP contribution in [0.3, 0.4) is 0 Å². The fraction of sp³-hybridized carbons (Fsp3) is 0.367.